The van der Waals surface area contributed by atoms with E-state index in [2.05, 4.69) is 27.1 Å². The molecule has 0 unspecified atom stereocenters. The first-order chi connectivity index (χ1) is 24.8. The van der Waals surface area contributed by atoms with Crippen LogP contribution in [0.1, 0.15) is 36.5 Å². The van der Waals surface area contributed by atoms with Crippen LogP contribution in [-0.4, -0.2) is 54.1 Å². The summed E-state index contributed by atoms with van der Waals surface area (Å²) in [5, 5.41) is 4.05. The van der Waals surface area contributed by atoms with Crippen molar-refractivity contribution in [1.82, 2.24) is 14.9 Å². The van der Waals surface area contributed by atoms with Gasteiger partial charge in [-0.05, 0) is 98.9 Å². The Labute approximate surface area is 295 Å². The van der Waals surface area contributed by atoms with Crippen LogP contribution in [0.4, 0.5) is 14.5 Å². The summed E-state index contributed by atoms with van der Waals surface area (Å²) in [7, 11) is 1.57. The van der Waals surface area contributed by atoms with Crippen molar-refractivity contribution >= 4 is 33.4 Å². The molecule has 3 heterocycles. The molecule has 10 heteroatoms. The Kier molecular flexibility index (Phi) is 10.0. The molecule has 0 aliphatic carbocycles. The number of nitrogens with one attached hydrogen (secondary N) is 1. The van der Waals surface area contributed by atoms with Gasteiger partial charge < -0.3 is 24.4 Å². The van der Waals surface area contributed by atoms with Crippen LogP contribution < -0.4 is 19.5 Å². The van der Waals surface area contributed by atoms with Crippen molar-refractivity contribution in [3.05, 3.63) is 114 Å². The lowest BCUT2D eigenvalue weighted by molar-refractivity contribution is 0.102. The summed E-state index contributed by atoms with van der Waals surface area (Å²) in [5.74, 6) is 0.783. The molecule has 1 amide bonds. The van der Waals surface area contributed by atoms with Crippen molar-refractivity contribution in [3.8, 4) is 34.3 Å². The van der Waals surface area contributed by atoms with Crippen LogP contribution in [0.2, 0.25) is 0 Å². The molecule has 1 fully saturated rings. The number of anilines is 1. The fourth-order valence-electron chi connectivity index (χ4n) is 6.36. The lowest BCUT2D eigenvalue weighted by atomic mass is 9.99. The van der Waals surface area contributed by atoms with Gasteiger partial charge in [-0.15, -0.1) is 0 Å². The molecule has 1 aliphatic heterocycles. The molecule has 0 atom stereocenters. The molecular weight excluding hydrogens is 650 g/mol. The molecule has 7 rings (SSSR count). The number of para-hydroxylation sites is 1. The predicted molar refractivity (Wildman–Crippen MR) is 195 cm³/mol. The molecule has 1 N–H and O–H groups in total. The van der Waals surface area contributed by atoms with Gasteiger partial charge in [-0.25, -0.2) is 13.8 Å². The first-order valence-corrected chi connectivity index (χ1v) is 17.1. The molecule has 0 radical (unpaired) electrons. The lowest BCUT2D eigenvalue weighted by Crippen LogP contribution is -2.34. The van der Waals surface area contributed by atoms with E-state index in [-0.39, 0.29) is 17.3 Å². The molecule has 1 aliphatic rings. The Hall–Kier alpha value is -5.61. The Morgan fingerprint density at radius 1 is 0.863 bits per heavy atom. The van der Waals surface area contributed by atoms with Crippen molar-refractivity contribution < 1.29 is 27.8 Å². The van der Waals surface area contributed by atoms with Crippen LogP contribution in [0.5, 0.6) is 23.0 Å². The average Bonchev–Trinajstić information content (AvgIpc) is 3.14. The van der Waals surface area contributed by atoms with Gasteiger partial charge in [0.25, 0.3) is 5.91 Å². The zero-order valence-electron chi connectivity index (χ0n) is 28.5. The largest absolute Gasteiger partial charge is 0.493 e. The number of amides is 1. The van der Waals surface area contributed by atoms with E-state index in [1.807, 2.05) is 18.2 Å². The van der Waals surface area contributed by atoms with E-state index >= 15 is 4.39 Å². The average molecular weight is 689 g/mol. The van der Waals surface area contributed by atoms with Crippen LogP contribution in [0.25, 0.3) is 33.1 Å². The minimum atomic E-state index is -0.667. The first-order valence-electron chi connectivity index (χ1n) is 17.1. The highest BCUT2D eigenvalue weighted by Crippen LogP contribution is 2.38. The zero-order valence-corrected chi connectivity index (χ0v) is 28.5. The van der Waals surface area contributed by atoms with E-state index in [1.165, 1.54) is 37.1 Å². The molecule has 2 aromatic heterocycles. The highest BCUT2D eigenvalue weighted by Gasteiger charge is 2.18. The summed E-state index contributed by atoms with van der Waals surface area (Å²) < 4.78 is 46.9. The zero-order chi connectivity index (χ0) is 35.3. The van der Waals surface area contributed by atoms with E-state index in [9.17, 15) is 9.18 Å². The van der Waals surface area contributed by atoms with Crippen LogP contribution in [-0.2, 0) is 0 Å². The van der Waals surface area contributed by atoms with Gasteiger partial charge in [0, 0.05) is 46.9 Å². The normalized spacial score (nSPS) is 13.7. The number of carbonyl (C=O) groups excluding carboxylic acids is 1. The molecule has 1 saturated heterocycles. The molecule has 51 heavy (non-hydrogen) atoms. The van der Waals surface area contributed by atoms with Crippen LogP contribution in [0.15, 0.2) is 97.2 Å². The number of pyridine rings is 2. The third kappa shape index (κ3) is 7.76. The summed E-state index contributed by atoms with van der Waals surface area (Å²) in [4.78, 5) is 25.2. The van der Waals surface area contributed by atoms with Gasteiger partial charge in [-0.3, -0.25) is 9.78 Å². The number of likely N-dealkylation sites (tertiary alicyclic amines) is 1. The van der Waals surface area contributed by atoms with Gasteiger partial charge in [0.2, 0.25) is 0 Å². The summed E-state index contributed by atoms with van der Waals surface area (Å²) >= 11 is 0. The molecule has 0 bridgehead atoms. The number of aromatic nitrogens is 2. The number of carbonyl (C=O) groups is 1. The maximum atomic E-state index is 15.5. The fourth-order valence-corrected chi connectivity index (χ4v) is 6.36. The molecule has 260 valence electrons. The maximum Gasteiger partial charge on any atom is 0.256 e. The Balaban J connectivity index is 1.06. The van der Waals surface area contributed by atoms with Gasteiger partial charge >= 0.3 is 0 Å². The Morgan fingerprint density at radius 3 is 2.45 bits per heavy atom. The van der Waals surface area contributed by atoms with Crippen molar-refractivity contribution in [2.24, 2.45) is 5.92 Å². The number of hydrogen-bond acceptors (Lipinski definition) is 7. The first kappa shape index (κ1) is 33.9. The topological polar surface area (TPSA) is 85.8 Å². The van der Waals surface area contributed by atoms with Crippen molar-refractivity contribution in [3.63, 3.8) is 0 Å². The molecular formula is C41H38F2N4O4. The summed E-state index contributed by atoms with van der Waals surface area (Å²) in [6.07, 6.45) is 4.98. The molecule has 6 aromatic rings. The maximum absolute atomic E-state index is 15.5. The highest BCUT2D eigenvalue weighted by molar-refractivity contribution is 6.13. The fraction of sp³-hybridized carbons (Fsp3) is 0.244. The Morgan fingerprint density at radius 2 is 1.67 bits per heavy atom. The third-order valence-corrected chi connectivity index (χ3v) is 9.25. The Bertz CT molecular complexity index is 2190. The number of piperidine rings is 1. The smallest absolute Gasteiger partial charge is 0.256 e. The predicted octanol–water partition coefficient (Wildman–Crippen LogP) is 9.28. The second-order valence-electron chi connectivity index (χ2n) is 12.8. The van der Waals surface area contributed by atoms with Gasteiger partial charge in [0.15, 0.2) is 23.1 Å². The van der Waals surface area contributed by atoms with E-state index < -0.39 is 11.7 Å². The number of ether oxygens (including phenoxy) is 3. The van der Waals surface area contributed by atoms with Gasteiger partial charge in [0.1, 0.15) is 11.6 Å². The number of hydrogen-bond donors (Lipinski definition) is 1. The van der Waals surface area contributed by atoms with Gasteiger partial charge in [0.05, 0.1) is 36.0 Å². The van der Waals surface area contributed by atoms with Gasteiger partial charge in [-0.1, -0.05) is 25.1 Å². The number of rotatable bonds is 11. The molecule has 8 nitrogen and oxygen atoms in total. The number of benzene rings is 4. The summed E-state index contributed by atoms with van der Waals surface area (Å²) in [6, 6.07) is 24.3. The SMILES string of the molecule is COc1cc2c(Oc3ccc(NC(=O)c4cc(-c5ccc(F)cc5)nc5ccccc45)cc3F)ccnc2cc1OCCCN1CCC(C)CC1. The van der Waals surface area contributed by atoms with Crippen LogP contribution in [0, 0.1) is 17.6 Å². The summed E-state index contributed by atoms with van der Waals surface area (Å²) in [6.45, 7) is 6.12. The monoisotopic (exact) mass is 688 g/mol. The summed E-state index contributed by atoms with van der Waals surface area (Å²) in [5.41, 5.74) is 2.97. The van der Waals surface area contributed by atoms with Crippen LogP contribution >= 0.6 is 0 Å². The minimum Gasteiger partial charge on any atom is -0.493 e. The van der Waals surface area contributed by atoms with E-state index in [0.717, 1.165) is 32.0 Å². The van der Waals surface area contributed by atoms with Crippen LogP contribution in [0.3, 0.4) is 0 Å². The molecule has 0 spiro atoms. The number of methoxy groups -OCH3 is 1. The lowest BCUT2D eigenvalue weighted by Gasteiger charge is -2.30. The van der Waals surface area contributed by atoms with E-state index in [1.54, 1.807) is 61.8 Å². The quantitative estimate of drug-likeness (QED) is 0.136. The van der Waals surface area contributed by atoms with Gasteiger partial charge in [-0.2, -0.15) is 0 Å². The van der Waals surface area contributed by atoms with E-state index in [0.29, 0.717) is 62.5 Å². The molecule has 4 aromatic carbocycles. The van der Waals surface area contributed by atoms with Crippen molar-refractivity contribution in [2.75, 3.05) is 38.7 Å². The van der Waals surface area contributed by atoms with E-state index in [4.69, 9.17) is 14.2 Å². The number of halogens is 2. The molecule has 0 saturated carbocycles. The number of fused-ring (bicyclic) bond motifs is 2. The van der Waals surface area contributed by atoms with Crippen molar-refractivity contribution in [2.45, 2.75) is 26.2 Å². The second kappa shape index (κ2) is 15.1. The number of nitrogens with zero attached hydrogens (tertiary/aromatic N) is 3. The van der Waals surface area contributed by atoms with Crippen molar-refractivity contribution in [1.29, 1.82) is 0 Å². The highest BCUT2D eigenvalue weighted by atomic mass is 19.1. The standard InChI is InChI=1S/C41H38F2N4O4/c1-26-15-19-47(20-16-26)18-5-21-50-40-25-36-32(24-39(40)49-2)37(14-17-44-36)51-38-13-12-29(22-33(38)43)45-41(48)31-23-35(27-8-10-28(42)11-9-27)46-34-7-4-3-6-30(31)34/h3-4,6-14,17,22-26H,5,15-16,18-21H2,1-2H3,(H,45,48). The third-order valence-electron chi connectivity index (χ3n) is 9.25. The second-order valence-corrected chi connectivity index (χ2v) is 12.8. The minimum absolute atomic E-state index is 0.0279.